The van der Waals surface area contributed by atoms with Crippen LogP contribution in [-0.2, 0) is 14.3 Å². The van der Waals surface area contributed by atoms with Gasteiger partial charge in [-0.15, -0.1) is 0 Å². The van der Waals surface area contributed by atoms with E-state index in [9.17, 15) is 8.42 Å². The molecule has 0 bridgehead atoms. The summed E-state index contributed by atoms with van der Waals surface area (Å²) < 4.78 is 26.9. The molecule has 15 heavy (non-hydrogen) atoms. The number of β-amino-alcohol motifs (C(OH)–C–C–N with tert-alkyl or cyclic N) is 1. The van der Waals surface area contributed by atoms with Crippen molar-refractivity contribution < 1.29 is 17.7 Å². The molecule has 0 aliphatic carbocycles. The Bertz CT molecular complexity index is 311. The minimum atomic E-state index is -3.29. The summed E-state index contributed by atoms with van der Waals surface area (Å²) in [6, 6.07) is 0. The zero-order valence-corrected chi connectivity index (χ0v) is 9.32. The van der Waals surface area contributed by atoms with Crippen molar-refractivity contribution in [3.8, 4) is 0 Å². The molecule has 7 heteroatoms. The third-order valence-corrected chi connectivity index (χ3v) is 4.50. The van der Waals surface area contributed by atoms with Crippen LogP contribution in [0.4, 0.5) is 0 Å². The summed E-state index contributed by atoms with van der Waals surface area (Å²) in [6.45, 7) is 4.20. The van der Waals surface area contributed by atoms with Gasteiger partial charge in [0.25, 0.3) is 10.1 Å². The highest BCUT2D eigenvalue weighted by Crippen LogP contribution is 2.22. The average Bonchev–Trinajstić information content (AvgIpc) is 2.20. The molecule has 0 amide bonds. The van der Waals surface area contributed by atoms with Crippen LogP contribution in [0.5, 0.6) is 0 Å². The van der Waals surface area contributed by atoms with E-state index in [1.807, 2.05) is 4.90 Å². The van der Waals surface area contributed by atoms with Crippen LogP contribution in [0.2, 0.25) is 0 Å². The van der Waals surface area contributed by atoms with Crippen molar-refractivity contribution in [1.82, 2.24) is 9.80 Å². The van der Waals surface area contributed by atoms with Crippen LogP contribution < -0.4 is 0 Å². The Morgan fingerprint density at radius 3 is 2.33 bits per heavy atom. The highest BCUT2D eigenvalue weighted by molar-refractivity contribution is 7.88. The molecule has 0 aromatic heterocycles. The molecule has 1 unspecified atom stereocenters. The Morgan fingerprint density at radius 1 is 1.27 bits per heavy atom. The molecule has 2 aliphatic heterocycles. The summed E-state index contributed by atoms with van der Waals surface area (Å²) in [5.74, 6) is 0. The fourth-order valence-corrected chi connectivity index (χ4v) is 3.00. The minimum absolute atomic E-state index is 0.158. The first-order valence-electron chi connectivity index (χ1n) is 5.09. The van der Waals surface area contributed by atoms with E-state index in [4.69, 9.17) is 5.11 Å². The van der Waals surface area contributed by atoms with E-state index in [1.54, 1.807) is 0 Å². The van der Waals surface area contributed by atoms with Crippen LogP contribution in [-0.4, -0.2) is 74.6 Å². The number of aliphatic hydroxyl groups excluding tert-OH is 1. The van der Waals surface area contributed by atoms with E-state index in [2.05, 4.69) is 9.08 Å². The van der Waals surface area contributed by atoms with Crippen LogP contribution >= 0.6 is 0 Å². The van der Waals surface area contributed by atoms with Gasteiger partial charge in [-0.2, -0.15) is 8.42 Å². The number of hydrogen-bond donors (Lipinski definition) is 1. The van der Waals surface area contributed by atoms with Crippen molar-refractivity contribution in [2.24, 2.45) is 0 Å². The van der Waals surface area contributed by atoms with Crippen molar-refractivity contribution in [1.29, 1.82) is 0 Å². The van der Waals surface area contributed by atoms with Gasteiger partial charge in [-0.25, -0.2) is 0 Å². The lowest BCUT2D eigenvalue weighted by Crippen LogP contribution is -2.58. The topological polar surface area (TPSA) is 70.1 Å². The van der Waals surface area contributed by atoms with Gasteiger partial charge in [-0.1, -0.05) is 0 Å². The summed E-state index contributed by atoms with van der Waals surface area (Å²) in [4.78, 5) is 4.06. The van der Waals surface area contributed by atoms with Crippen LogP contribution in [0.15, 0.2) is 0 Å². The molecule has 0 spiro atoms. The summed E-state index contributed by atoms with van der Waals surface area (Å²) in [6.07, 6.45) is 0. The highest BCUT2D eigenvalue weighted by atomic mass is 32.2. The van der Waals surface area contributed by atoms with Gasteiger partial charge < -0.3 is 5.11 Å². The van der Waals surface area contributed by atoms with E-state index < -0.39 is 15.5 Å². The number of piperazine rings is 1. The lowest BCUT2D eigenvalue weighted by Gasteiger charge is -2.41. The van der Waals surface area contributed by atoms with Crippen LogP contribution in [0, 0.1) is 0 Å². The van der Waals surface area contributed by atoms with E-state index in [-0.39, 0.29) is 6.61 Å². The second-order valence-electron chi connectivity index (χ2n) is 3.83. The number of aliphatic hydroxyl groups is 1. The molecular weight excluding hydrogens is 220 g/mol. The quantitative estimate of drug-likeness (QED) is 0.588. The van der Waals surface area contributed by atoms with Crippen molar-refractivity contribution in [3.63, 3.8) is 0 Å². The van der Waals surface area contributed by atoms with E-state index in [0.29, 0.717) is 13.2 Å². The molecule has 2 saturated heterocycles. The largest absolute Gasteiger partial charge is 0.395 e. The van der Waals surface area contributed by atoms with Gasteiger partial charge in [-0.3, -0.25) is 14.0 Å². The first-order valence-corrected chi connectivity index (χ1v) is 6.56. The van der Waals surface area contributed by atoms with Gasteiger partial charge >= 0.3 is 0 Å². The Balaban J connectivity index is 1.84. The lowest BCUT2D eigenvalue weighted by atomic mass is 10.3. The summed E-state index contributed by atoms with van der Waals surface area (Å²) in [7, 11) is -3.29. The molecule has 2 rings (SSSR count). The fourth-order valence-electron chi connectivity index (χ4n) is 1.94. The van der Waals surface area contributed by atoms with Gasteiger partial charge in [0, 0.05) is 32.7 Å². The van der Waals surface area contributed by atoms with Gasteiger partial charge in [0.05, 0.1) is 13.2 Å². The van der Waals surface area contributed by atoms with Crippen molar-refractivity contribution in [2.75, 3.05) is 45.9 Å². The zero-order chi connectivity index (χ0) is 10.9. The zero-order valence-electron chi connectivity index (χ0n) is 8.50. The predicted octanol–water partition coefficient (Wildman–Crippen LogP) is -1.72. The van der Waals surface area contributed by atoms with Crippen LogP contribution in [0.1, 0.15) is 0 Å². The third kappa shape index (κ3) is 2.31. The predicted molar refractivity (Wildman–Crippen MR) is 53.8 cm³/mol. The number of rotatable bonds is 3. The van der Waals surface area contributed by atoms with Gasteiger partial charge in [-0.05, 0) is 0 Å². The minimum Gasteiger partial charge on any atom is -0.395 e. The Hall–Kier alpha value is -0.210. The standard InChI is InChI=1S/C8H16N2O4S/c11-6-5-9-1-3-10(4-2-9)8-7-14-15(8,12)13/h8,11H,1-7H2. The molecule has 0 saturated carbocycles. The van der Waals surface area contributed by atoms with E-state index in [1.165, 1.54) is 0 Å². The monoisotopic (exact) mass is 236 g/mol. The number of hydrogen-bond acceptors (Lipinski definition) is 6. The molecule has 88 valence electrons. The Labute approximate surface area is 89.5 Å². The normalized spacial score (nSPS) is 32.5. The molecule has 1 N–H and O–H groups in total. The molecule has 1 atom stereocenters. The molecule has 0 radical (unpaired) electrons. The fraction of sp³-hybridized carbons (Fsp3) is 1.00. The average molecular weight is 236 g/mol. The molecule has 2 aliphatic rings. The Kier molecular flexibility index (Phi) is 3.27. The first-order chi connectivity index (χ1) is 7.13. The highest BCUT2D eigenvalue weighted by Gasteiger charge is 2.42. The maximum Gasteiger partial charge on any atom is 0.286 e. The second kappa shape index (κ2) is 4.34. The van der Waals surface area contributed by atoms with Crippen molar-refractivity contribution in [2.45, 2.75) is 5.37 Å². The van der Waals surface area contributed by atoms with E-state index >= 15 is 0 Å². The SMILES string of the molecule is O=S1(=O)OCC1N1CCN(CCO)CC1. The maximum absolute atomic E-state index is 11.2. The van der Waals surface area contributed by atoms with Crippen LogP contribution in [0.3, 0.4) is 0 Å². The van der Waals surface area contributed by atoms with Gasteiger partial charge in [0.2, 0.25) is 0 Å². The summed E-state index contributed by atoms with van der Waals surface area (Å²) in [5, 5.41) is 8.33. The second-order valence-corrected chi connectivity index (χ2v) is 5.60. The molecule has 2 heterocycles. The molecule has 6 nitrogen and oxygen atoms in total. The molecule has 0 aromatic rings. The third-order valence-electron chi connectivity index (χ3n) is 2.94. The maximum atomic E-state index is 11.2. The Morgan fingerprint density at radius 2 is 1.93 bits per heavy atom. The summed E-state index contributed by atoms with van der Waals surface area (Å²) in [5.41, 5.74) is 0. The molecular formula is C8H16N2O4S. The van der Waals surface area contributed by atoms with E-state index in [0.717, 1.165) is 26.2 Å². The smallest absolute Gasteiger partial charge is 0.286 e. The molecule has 2 fully saturated rings. The van der Waals surface area contributed by atoms with Gasteiger partial charge in [0.15, 0.2) is 5.37 Å². The molecule has 0 aromatic carbocycles. The van der Waals surface area contributed by atoms with Crippen molar-refractivity contribution in [3.05, 3.63) is 0 Å². The lowest BCUT2D eigenvalue weighted by molar-refractivity contribution is 0.0641. The van der Waals surface area contributed by atoms with Gasteiger partial charge in [0.1, 0.15) is 0 Å². The van der Waals surface area contributed by atoms with Crippen LogP contribution in [0.25, 0.3) is 0 Å². The van der Waals surface area contributed by atoms with Crippen molar-refractivity contribution >= 4 is 10.1 Å². The number of nitrogens with zero attached hydrogens (tertiary/aromatic N) is 2. The summed E-state index contributed by atoms with van der Waals surface area (Å²) >= 11 is 0. The first kappa shape index (κ1) is 11.3.